The van der Waals surface area contributed by atoms with E-state index in [4.69, 9.17) is 5.11 Å². The molecule has 0 aromatic rings. The normalized spacial score (nSPS) is 24.2. The van der Waals surface area contributed by atoms with Crippen molar-refractivity contribution < 1.29 is 27.9 Å². The molecule has 1 fully saturated rings. The molecule has 0 aromatic heterocycles. The van der Waals surface area contributed by atoms with Gasteiger partial charge in [-0.2, -0.15) is 13.2 Å². The van der Waals surface area contributed by atoms with Crippen LogP contribution >= 0.6 is 0 Å². The van der Waals surface area contributed by atoms with E-state index < -0.39 is 30.8 Å². The highest BCUT2D eigenvalue weighted by Crippen LogP contribution is 2.26. The van der Waals surface area contributed by atoms with Gasteiger partial charge in [-0.3, -0.25) is 0 Å². The maximum Gasteiger partial charge on any atom is 0.406 e. The largest absolute Gasteiger partial charge is 0.480 e. The lowest BCUT2D eigenvalue weighted by molar-refractivity contribution is -0.143. The number of carbonyl (C=O) groups excluding carboxylic acids is 1. The molecule has 2 atom stereocenters. The number of aliphatic carboxylic acids is 1. The third kappa shape index (κ3) is 3.27. The summed E-state index contributed by atoms with van der Waals surface area (Å²) in [4.78, 5) is 24.3. The molecule has 1 aliphatic heterocycles. The number of amides is 2. The molecular formula is C10H15F3N2O3. The van der Waals surface area contributed by atoms with Gasteiger partial charge in [-0.05, 0) is 12.3 Å². The second-order valence-corrected chi connectivity index (χ2v) is 4.50. The standard InChI is InChI=1S/C10H15F3N2O3/c1-6-3-4-15(7(6)8(16)17)9(18)14(2)5-10(11,12)13/h6-7H,3-5H2,1-2H3,(H,16,17). The summed E-state index contributed by atoms with van der Waals surface area (Å²) >= 11 is 0. The van der Waals surface area contributed by atoms with Crippen LogP contribution in [0.2, 0.25) is 0 Å². The van der Waals surface area contributed by atoms with Gasteiger partial charge in [0.1, 0.15) is 12.6 Å². The number of hydrogen-bond acceptors (Lipinski definition) is 2. The second-order valence-electron chi connectivity index (χ2n) is 4.50. The van der Waals surface area contributed by atoms with Gasteiger partial charge in [0.2, 0.25) is 0 Å². The van der Waals surface area contributed by atoms with E-state index in [-0.39, 0.29) is 12.5 Å². The summed E-state index contributed by atoms with van der Waals surface area (Å²) in [5, 5.41) is 8.98. The molecule has 0 aromatic carbocycles. The Morgan fingerprint density at radius 2 is 2.00 bits per heavy atom. The lowest BCUT2D eigenvalue weighted by atomic mass is 10.0. The van der Waals surface area contributed by atoms with E-state index in [1.54, 1.807) is 6.92 Å². The zero-order chi connectivity index (χ0) is 14.1. The minimum absolute atomic E-state index is 0.166. The highest BCUT2D eigenvalue weighted by molar-refractivity contribution is 5.83. The van der Waals surface area contributed by atoms with Crippen molar-refractivity contribution in [2.24, 2.45) is 5.92 Å². The molecule has 0 bridgehead atoms. The van der Waals surface area contributed by atoms with Gasteiger partial charge in [0.25, 0.3) is 0 Å². The first-order valence-electron chi connectivity index (χ1n) is 5.45. The molecule has 1 heterocycles. The fourth-order valence-corrected chi connectivity index (χ4v) is 2.09. The van der Waals surface area contributed by atoms with Crippen molar-refractivity contribution in [1.29, 1.82) is 0 Å². The van der Waals surface area contributed by atoms with Gasteiger partial charge in [-0.25, -0.2) is 9.59 Å². The predicted molar refractivity (Wildman–Crippen MR) is 56.0 cm³/mol. The van der Waals surface area contributed by atoms with Crippen molar-refractivity contribution in [2.45, 2.75) is 25.6 Å². The topological polar surface area (TPSA) is 60.9 Å². The zero-order valence-corrected chi connectivity index (χ0v) is 10.1. The van der Waals surface area contributed by atoms with E-state index in [2.05, 4.69) is 0 Å². The van der Waals surface area contributed by atoms with E-state index in [1.165, 1.54) is 0 Å². The van der Waals surface area contributed by atoms with E-state index >= 15 is 0 Å². The molecule has 2 unspecified atom stereocenters. The number of urea groups is 1. The number of carboxylic acids is 1. The Morgan fingerprint density at radius 3 is 2.44 bits per heavy atom. The van der Waals surface area contributed by atoms with Crippen molar-refractivity contribution in [3.63, 3.8) is 0 Å². The van der Waals surface area contributed by atoms with Gasteiger partial charge in [0.15, 0.2) is 0 Å². The van der Waals surface area contributed by atoms with Crippen LogP contribution in [-0.4, -0.2) is 59.3 Å². The van der Waals surface area contributed by atoms with Crippen LogP contribution in [0.15, 0.2) is 0 Å². The number of hydrogen-bond donors (Lipinski definition) is 1. The molecule has 1 aliphatic rings. The van der Waals surface area contributed by atoms with Crippen molar-refractivity contribution in [3.8, 4) is 0 Å². The lowest BCUT2D eigenvalue weighted by Crippen LogP contribution is -2.50. The molecule has 104 valence electrons. The summed E-state index contributed by atoms with van der Waals surface area (Å²) in [5.74, 6) is -1.44. The third-order valence-electron chi connectivity index (χ3n) is 2.94. The summed E-state index contributed by atoms with van der Waals surface area (Å²) < 4.78 is 36.5. The maximum atomic E-state index is 12.2. The first-order valence-corrected chi connectivity index (χ1v) is 5.45. The Labute approximate surface area is 102 Å². The molecule has 1 N–H and O–H groups in total. The molecule has 2 amide bonds. The monoisotopic (exact) mass is 268 g/mol. The minimum Gasteiger partial charge on any atom is -0.480 e. The van der Waals surface area contributed by atoms with Crippen molar-refractivity contribution in [3.05, 3.63) is 0 Å². The van der Waals surface area contributed by atoms with Gasteiger partial charge < -0.3 is 14.9 Å². The Hall–Kier alpha value is -1.47. The van der Waals surface area contributed by atoms with Crippen LogP contribution in [0, 0.1) is 5.92 Å². The smallest absolute Gasteiger partial charge is 0.406 e. The first-order chi connectivity index (χ1) is 8.13. The van der Waals surface area contributed by atoms with Gasteiger partial charge >= 0.3 is 18.2 Å². The minimum atomic E-state index is -4.49. The molecule has 5 nitrogen and oxygen atoms in total. The molecule has 1 saturated heterocycles. The van der Waals surface area contributed by atoms with Crippen LogP contribution in [0.1, 0.15) is 13.3 Å². The van der Waals surface area contributed by atoms with Crippen molar-refractivity contribution in [1.82, 2.24) is 9.80 Å². The number of alkyl halides is 3. The maximum absolute atomic E-state index is 12.2. The van der Waals surface area contributed by atoms with Gasteiger partial charge in [0, 0.05) is 13.6 Å². The average Bonchev–Trinajstić information content (AvgIpc) is 2.56. The van der Waals surface area contributed by atoms with E-state index in [9.17, 15) is 22.8 Å². The van der Waals surface area contributed by atoms with Gasteiger partial charge in [0.05, 0.1) is 0 Å². The highest BCUT2D eigenvalue weighted by atomic mass is 19.4. The molecule has 0 aliphatic carbocycles. The Balaban J connectivity index is 2.74. The third-order valence-corrected chi connectivity index (χ3v) is 2.94. The van der Waals surface area contributed by atoms with Crippen molar-refractivity contribution in [2.75, 3.05) is 20.1 Å². The van der Waals surface area contributed by atoms with Crippen LogP contribution in [0.3, 0.4) is 0 Å². The number of halogens is 3. The summed E-state index contributed by atoms with van der Waals surface area (Å²) in [6, 6.07) is -1.95. The number of carbonyl (C=O) groups is 2. The quantitative estimate of drug-likeness (QED) is 0.823. The second kappa shape index (κ2) is 5.03. The van der Waals surface area contributed by atoms with Crippen molar-refractivity contribution >= 4 is 12.0 Å². The average molecular weight is 268 g/mol. The highest BCUT2D eigenvalue weighted by Gasteiger charge is 2.42. The van der Waals surface area contributed by atoms with Crippen LogP contribution < -0.4 is 0 Å². The fraction of sp³-hybridized carbons (Fsp3) is 0.800. The Morgan fingerprint density at radius 1 is 1.44 bits per heavy atom. The molecule has 1 rings (SSSR count). The molecule has 0 saturated carbocycles. The van der Waals surface area contributed by atoms with Crippen LogP contribution in [0.5, 0.6) is 0 Å². The molecule has 0 radical (unpaired) electrons. The van der Waals surface area contributed by atoms with E-state index in [0.717, 1.165) is 11.9 Å². The van der Waals surface area contributed by atoms with Crippen LogP contribution in [-0.2, 0) is 4.79 Å². The fourth-order valence-electron chi connectivity index (χ4n) is 2.09. The first kappa shape index (κ1) is 14.6. The Bertz CT molecular complexity index is 346. The number of rotatable bonds is 2. The summed E-state index contributed by atoms with van der Waals surface area (Å²) in [6.45, 7) is 0.443. The van der Waals surface area contributed by atoms with E-state index in [1.807, 2.05) is 0 Å². The number of nitrogens with zero attached hydrogens (tertiary/aromatic N) is 2. The zero-order valence-electron chi connectivity index (χ0n) is 10.1. The van der Waals surface area contributed by atoms with E-state index in [0.29, 0.717) is 11.3 Å². The number of carboxylic acid groups (broad SMARTS) is 1. The van der Waals surface area contributed by atoms with Gasteiger partial charge in [-0.1, -0.05) is 6.92 Å². The summed E-state index contributed by atoms with van der Waals surface area (Å²) in [5.41, 5.74) is 0. The lowest BCUT2D eigenvalue weighted by Gasteiger charge is -2.29. The molecule has 0 spiro atoms. The number of likely N-dealkylation sites (tertiary alicyclic amines) is 1. The molecule has 18 heavy (non-hydrogen) atoms. The Kier molecular flexibility index (Phi) is 4.08. The van der Waals surface area contributed by atoms with Gasteiger partial charge in [-0.15, -0.1) is 0 Å². The molecule has 8 heteroatoms. The van der Waals surface area contributed by atoms with Crippen LogP contribution in [0.4, 0.5) is 18.0 Å². The summed E-state index contributed by atoms with van der Waals surface area (Å²) in [7, 11) is 1.01. The SMILES string of the molecule is CC1CCN(C(=O)N(C)CC(F)(F)F)C1C(=O)O. The van der Waals surface area contributed by atoms with Crippen LogP contribution in [0.25, 0.3) is 0 Å². The molecular weight excluding hydrogens is 253 g/mol. The summed E-state index contributed by atoms with van der Waals surface area (Å²) in [6.07, 6.45) is -4.02. The predicted octanol–water partition coefficient (Wildman–Crippen LogP) is 1.40.